The van der Waals surface area contributed by atoms with Crippen molar-refractivity contribution in [1.29, 1.82) is 0 Å². The van der Waals surface area contributed by atoms with Gasteiger partial charge in [-0.15, -0.1) is 11.6 Å². The van der Waals surface area contributed by atoms with Crippen molar-refractivity contribution < 1.29 is 18.9 Å². The van der Waals surface area contributed by atoms with Crippen LogP contribution < -0.4 is 5.32 Å². The molecule has 0 aliphatic rings. The average molecular weight is 284 g/mol. The van der Waals surface area contributed by atoms with Gasteiger partial charge in [0.2, 0.25) is 0 Å². The zero-order chi connectivity index (χ0) is 13.5. The van der Waals surface area contributed by atoms with Gasteiger partial charge in [0.15, 0.2) is 0 Å². The van der Waals surface area contributed by atoms with E-state index >= 15 is 0 Å². The Labute approximate surface area is 115 Å². The van der Waals surface area contributed by atoms with Crippen LogP contribution in [0.15, 0.2) is 0 Å². The molecule has 110 valence electrons. The molecule has 0 spiro atoms. The summed E-state index contributed by atoms with van der Waals surface area (Å²) in [5, 5.41) is 3.34. The predicted octanol–water partition coefficient (Wildman–Crippen LogP) is 0.900. The molecule has 1 N–H and O–H groups in total. The third-order valence-electron chi connectivity index (χ3n) is 2.21. The molecule has 0 heterocycles. The van der Waals surface area contributed by atoms with Crippen LogP contribution in [0.5, 0.6) is 0 Å². The van der Waals surface area contributed by atoms with Gasteiger partial charge < -0.3 is 24.3 Å². The minimum absolute atomic E-state index is 0.0811. The molecule has 1 unspecified atom stereocenters. The van der Waals surface area contributed by atoms with Crippen LogP contribution in [0.25, 0.3) is 0 Å². The Morgan fingerprint density at radius 3 is 2.22 bits per heavy atom. The van der Waals surface area contributed by atoms with E-state index in [2.05, 4.69) is 5.32 Å². The number of halogens is 1. The van der Waals surface area contributed by atoms with Crippen molar-refractivity contribution in [2.45, 2.75) is 11.8 Å². The quantitative estimate of drug-likeness (QED) is 0.379. The molecule has 0 fully saturated rings. The van der Waals surface area contributed by atoms with Crippen LogP contribution in [0, 0.1) is 0 Å². The minimum Gasteiger partial charge on any atom is -0.383 e. The van der Waals surface area contributed by atoms with Crippen molar-refractivity contribution in [3.63, 3.8) is 0 Å². The summed E-state index contributed by atoms with van der Waals surface area (Å²) in [4.78, 5) is 0. The Kier molecular flexibility index (Phi) is 15.2. The highest BCUT2D eigenvalue weighted by Crippen LogP contribution is 2.00. The fourth-order valence-corrected chi connectivity index (χ4v) is 1.49. The van der Waals surface area contributed by atoms with Gasteiger partial charge in [-0.05, 0) is 13.0 Å². The van der Waals surface area contributed by atoms with E-state index in [0.717, 1.165) is 19.5 Å². The van der Waals surface area contributed by atoms with Gasteiger partial charge in [-0.25, -0.2) is 0 Å². The Morgan fingerprint density at radius 1 is 0.889 bits per heavy atom. The van der Waals surface area contributed by atoms with E-state index in [1.807, 2.05) is 0 Å². The van der Waals surface area contributed by atoms with Crippen molar-refractivity contribution in [2.24, 2.45) is 0 Å². The number of hydrogen-bond donors (Lipinski definition) is 1. The summed E-state index contributed by atoms with van der Waals surface area (Å²) in [6.07, 6.45) is 0.898. The maximum Gasteiger partial charge on any atom is 0.0701 e. The summed E-state index contributed by atoms with van der Waals surface area (Å²) in [7, 11) is 3.31. The van der Waals surface area contributed by atoms with E-state index in [9.17, 15) is 0 Å². The van der Waals surface area contributed by atoms with Gasteiger partial charge in [-0.1, -0.05) is 0 Å². The molecule has 0 saturated heterocycles. The standard InChI is InChI=1S/C12H26ClNO4/c1-15-7-8-18-10-9-17-6-5-14-4-3-12(13)11-16-2/h12,14H,3-11H2,1-2H3. The lowest BCUT2D eigenvalue weighted by atomic mass is 10.3. The van der Waals surface area contributed by atoms with E-state index in [-0.39, 0.29) is 5.38 Å². The van der Waals surface area contributed by atoms with E-state index in [1.54, 1.807) is 14.2 Å². The fourth-order valence-electron chi connectivity index (χ4n) is 1.26. The summed E-state index contributed by atoms with van der Waals surface area (Å²) >= 11 is 5.98. The normalized spacial score (nSPS) is 12.8. The van der Waals surface area contributed by atoms with Crippen LogP contribution in [0.2, 0.25) is 0 Å². The molecular formula is C12H26ClNO4. The number of rotatable bonds is 14. The van der Waals surface area contributed by atoms with Gasteiger partial charge in [0.05, 0.1) is 45.0 Å². The largest absolute Gasteiger partial charge is 0.383 e. The summed E-state index contributed by atoms with van der Waals surface area (Å²) in [5.41, 5.74) is 0. The lowest BCUT2D eigenvalue weighted by Crippen LogP contribution is -2.24. The molecule has 0 aromatic heterocycles. The monoisotopic (exact) mass is 283 g/mol. The molecular weight excluding hydrogens is 258 g/mol. The number of alkyl halides is 1. The SMILES string of the molecule is COCCOCCOCCNCCC(Cl)COC. The number of nitrogens with one attached hydrogen (secondary N) is 1. The first-order chi connectivity index (χ1) is 8.81. The van der Waals surface area contributed by atoms with Crippen LogP contribution in [0.4, 0.5) is 0 Å². The third kappa shape index (κ3) is 14.2. The minimum atomic E-state index is 0.0811. The van der Waals surface area contributed by atoms with Crippen molar-refractivity contribution in [3.8, 4) is 0 Å². The molecule has 0 saturated carbocycles. The van der Waals surface area contributed by atoms with Crippen LogP contribution >= 0.6 is 11.6 Å². The summed E-state index contributed by atoms with van der Waals surface area (Å²) in [6, 6.07) is 0. The predicted molar refractivity (Wildman–Crippen MR) is 72.5 cm³/mol. The van der Waals surface area contributed by atoms with Gasteiger partial charge in [0.1, 0.15) is 0 Å². The maximum absolute atomic E-state index is 5.98. The zero-order valence-corrected chi connectivity index (χ0v) is 12.2. The highest BCUT2D eigenvalue weighted by atomic mass is 35.5. The first kappa shape index (κ1) is 18.1. The van der Waals surface area contributed by atoms with E-state index in [0.29, 0.717) is 39.6 Å². The van der Waals surface area contributed by atoms with Gasteiger partial charge >= 0.3 is 0 Å². The lowest BCUT2D eigenvalue weighted by molar-refractivity contribution is 0.0256. The molecule has 0 aromatic carbocycles. The highest BCUT2D eigenvalue weighted by Gasteiger charge is 2.02. The second-order valence-electron chi connectivity index (χ2n) is 3.81. The van der Waals surface area contributed by atoms with E-state index < -0.39 is 0 Å². The highest BCUT2D eigenvalue weighted by molar-refractivity contribution is 6.20. The van der Waals surface area contributed by atoms with Crippen molar-refractivity contribution >= 4 is 11.6 Å². The number of hydrogen-bond acceptors (Lipinski definition) is 5. The first-order valence-corrected chi connectivity index (χ1v) is 6.73. The third-order valence-corrected chi connectivity index (χ3v) is 2.55. The fraction of sp³-hybridized carbons (Fsp3) is 1.00. The van der Waals surface area contributed by atoms with Gasteiger partial charge in [0.25, 0.3) is 0 Å². The van der Waals surface area contributed by atoms with Crippen LogP contribution in [0.1, 0.15) is 6.42 Å². The molecule has 0 aromatic rings. The second kappa shape index (κ2) is 15.1. The van der Waals surface area contributed by atoms with Gasteiger partial charge in [0, 0.05) is 20.8 Å². The molecule has 0 aliphatic heterocycles. The van der Waals surface area contributed by atoms with E-state index in [4.69, 9.17) is 30.5 Å². The molecule has 5 nitrogen and oxygen atoms in total. The molecule has 0 radical (unpaired) electrons. The van der Waals surface area contributed by atoms with E-state index in [1.165, 1.54) is 0 Å². The molecule has 0 bridgehead atoms. The summed E-state index contributed by atoms with van der Waals surface area (Å²) in [6.45, 7) is 5.47. The molecule has 0 rings (SSSR count). The van der Waals surface area contributed by atoms with Crippen molar-refractivity contribution in [3.05, 3.63) is 0 Å². The van der Waals surface area contributed by atoms with Crippen LogP contribution in [-0.2, 0) is 18.9 Å². The second-order valence-corrected chi connectivity index (χ2v) is 4.43. The van der Waals surface area contributed by atoms with Gasteiger partial charge in [-0.3, -0.25) is 0 Å². The summed E-state index contributed by atoms with van der Waals surface area (Å²) in [5.74, 6) is 0. The van der Waals surface area contributed by atoms with Crippen molar-refractivity contribution in [2.75, 3.05) is 67.0 Å². The first-order valence-electron chi connectivity index (χ1n) is 6.29. The maximum atomic E-state index is 5.98. The Hall–Kier alpha value is 0.0900. The zero-order valence-electron chi connectivity index (χ0n) is 11.5. The topological polar surface area (TPSA) is 49.0 Å². The number of ether oxygens (including phenoxy) is 4. The molecule has 0 amide bonds. The Morgan fingerprint density at radius 2 is 1.56 bits per heavy atom. The van der Waals surface area contributed by atoms with Crippen molar-refractivity contribution in [1.82, 2.24) is 5.32 Å². The molecule has 0 aliphatic carbocycles. The molecule has 6 heteroatoms. The van der Waals surface area contributed by atoms with Gasteiger partial charge in [-0.2, -0.15) is 0 Å². The average Bonchev–Trinajstić information content (AvgIpc) is 2.36. The molecule has 18 heavy (non-hydrogen) atoms. The number of methoxy groups -OCH3 is 2. The Bertz CT molecular complexity index is 163. The smallest absolute Gasteiger partial charge is 0.0701 e. The Balaban J connectivity index is 2.98. The van der Waals surface area contributed by atoms with Crippen LogP contribution in [0.3, 0.4) is 0 Å². The summed E-state index contributed by atoms with van der Waals surface area (Å²) < 4.78 is 20.4. The van der Waals surface area contributed by atoms with Crippen LogP contribution in [-0.4, -0.2) is 72.3 Å². The molecule has 1 atom stereocenters. The lowest BCUT2D eigenvalue weighted by Gasteiger charge is -2.09.